The molecule has 5 rings (SSSR count). The van der Waals surface area contributed by atoms with Crippen LogP contribution in [0.1, 0.15) is 74.6 Å². The van der Waals surface area contributed by atoms with Crippen molar-refractivity contribution in [2.45, 2.75) is 88.5 Å². The van der Waals surface area contributed by atoms with Crippen molar-refractivity contribution in [2.75, 3.05) is 6.54 Å². The number of benzene rings is 2. The number of hydrogen-bond acceptors (Lipinski definition) is 2. The molecule has 0 spiro atoms. The van der Waals surface area contributed by atoms with E-state index in [-0.39, 0.29) is 11.9 Å². The SMILES string of the molecule is CC1(C(=O)N2CCC3(Cc4ccc(Cl)cc4)c4ccc(C(C)(F)C(F)(F)F)cc4CCC23)CCC(C(=O)O)CC1. The van der Waals surface area contributed by atoms with E-state index in [2.05, 4.69) is 0 Å². The fourth-order valence-electron chi connectivity index (χ4n) is 7.29. The third-order valence-electron chi connectivity index (χ3n) is 9.86. The molecule has 1 heterocycles. The average molecular weight is 580 g/mol. The number of amides is 1. The lowest BCUT2D eigenvalue weighted by Crippen LogP contribution is -2.53. The van der Waals surface area contributed by atoms with Gasteiger partial charge in [0, 0.05) is 28.4 Å². The Morgan fingerprint density at radius 1 is 1.02 bits per heavy atom. The number of hydrogen-bond donors (Lipinski definition) is 1. The van der Waals surface area contributed by atoms with Gasteiger partial charge in [0.05, 0.1) is 5.92 Å². The predicted molar refractivity (Wildman–Crippen MR) is 144 cm³/mol. The highest BCUT2D eigenvalue weighted by Gasteiger charge is 2.57. The van der Waals surface area contributed by atoms with Crippen molar-refractivity contribution in [3.05, 3.63) is 69.7 Å². The number of rotatable bonds is 5. The minimum Gasteiger partial charge on any atom is -0.481 e. The second-order valence-corrected chi connectivity index (χ2v) is 12.7. The van der Waals surface area contributed by atoms with Crippen LogP contribution in [-0.2, 0) is 33.5 Å². The van der Waals surface area contributed by atoms with E-state index >= 15 is 0 Å². The Hall–Kier alpha value is -2.61. The highest BCUT2D eigenvalue weighted by molar-refractivity contribution is 6.30. The first kappa shape index (κ1) is 28.9. The van der Waals surface area contributed by atoms with E-state index in [1.54, 1.807) is 18.2 Å². The van der Waals surface area contributed by atoms with Gasteiger partial charge in [-0.05, 0) is 92.7 Å². The standard InChI is InChI=1S/C31H34ClF4NO3/c1-28(13-11-20(12-14-28)26(38)39)27(40)37-16-15-30(18-19-3-7-23(32)8-4-19)24-9-6-22(29(2,33)31(34,35)36)17-21(24)5-10-25(30)37/h3-4,6-9,17,20,25H,5,10-16,18H2,1-2H3,(H,38,39). The van der Waals surface area contributed by atoms with Gasteiger partial charge in [-0.2, -0.15) is 13.2 Å². The summed E-state index contributed by atoms with van der Waals surface area (Å²) >= 11 is 6.12. The molecule has 0 bridgehead atoms. The van der Waals surface area contributed by atoms with Gasteiger partial charge in [-0.3, -0.25) is 9.59 Å². The van der Waals surface area contributed by atoms with E-state index in [1.807, 2.05) is 24.0 Å². The number of carboxylic acids is 1. The maximum atomic E-state index is 14.9. The van der Waals surface area contributed by atoms with E-state index in [0.29, 0.717) is 75.4 Å². The number of carbonyl (C=O) groups excluding carboxylic acids is 1. The number of likely N-dealkylation sites (tertiary alicyclic amines) is 1. The first-order valence-electron chi connectivity index (χ1n) is 13.9. The van der Waals surface area contributed by atoms with Crippen LogP contribution in [0.25, 0.3) is 0 Å². The molecule has 1 amide bonds. The molecule has 9 heteroatoms. The zero-order chi connectivity index (χ0) is 29.1. The zero-order valence-electron chi connectivity index (χ0n) is 22.7. The van der Waals surface area contributed by atoms with E-state index in [4.69, 9.17) is 11.6 Å². The van der Waals surface area contributed by atoms with Gasteiger partial charge in [-0.1, -0.05) is 48.9 Å². The van der Waals surface area contributed by atoms with E-state index < -0.39 is 40.1 Å². The number of fused-ring (bicyclic) bond motifs is 3. The summed E-state index contributed by atoms with van der Waals surface area (Å²) in [6, 6.07) is 11.5. The van der Waals surface area contributed by atoms with Crippen LogP contribution in [-0.4, -0.2) is 40.6 Å². The van der Waals surface area contributed by atoms with Crippen molar-refractivity contribution in [1.82, 2.24) is 4.90 Å². The van der Waals surface area contributed by atoms with Gasteiger partial charge in [-0.15, -0.1) is 0 Å². The third kappa shape index (κ3) is 4.80. The zero-order valence-corrected chi connectivity index (χ0v) is 23.4. The second-order valence-electron chi connectivity index (χ2n) is 12.3. The Labute approximate surface area is 236 Å². The lowest BCUT2D eigenvalue weighted by atomic mass is 9.63. The molecule has 3 atom stereocenters. The summed E-state index contributed by atoms with van der Waals surface area (Å²) in [5.41, 5.74) is -2.52. The van der Waals surface area contributed by atoms with Crippen LogP contribution in [0.5, 0.6) is 0 Å². The first-order valence-corrected chi connectivity index (χ1v) is 14.2. The number of aliphatic carboxylic acids is 1. The summed E-state index contributed by atoms with van der Waals surface area (Å²) in [6.45, 7) is 2.98. The molecule has 4 nitrogen and oxygen atoms in total. The fourth-order valence-corrected chi connectivity index (χ4v) is 7.42. The number of alkyl halides is 4. The van der Waals surface area contributed by atoms with Gasteiger partial charge in [-0.25, -0.2) is 4.39 Å². The Balaban J connectivity index is 1.52. The Kier molecular flexibility index (Phi) is 7.25. The van der Waals surface area contributed by atoms with Gasteiger partial charge in [0.15, 0.2) is 0 Å². The molecule has 1 saturated heterocycles. The molecule has 2 fully saturated rings. The second kappa shape index (κ2) is 10.0. The highest BCUT2D eigenvalue weighted by Crippen LogP contribution is 2.52. The van der Waals surface area contributed by atoms with Crippen molar-refractivity contribution in [3.8, 4) is 0 Å². The molecule has 2 aromatic rings. The number of carboxylic acid groups (broad SMARTS) is 1. The monoisotopic (exact) mass is 579 g/mol. The highest BCUT2D eigenvalue weighted by atomic mass is 35.5. The van der Waals surface area contributed by atoms with E-state index in [1.165, 1.54) is 12.1 Å². The van der Waals surface area contributed by atoms with Crippen LogP contribution in [0.4, 0.5) is 17.6 Å². The first-order chi connectivity index (χ1) is 18.7. The number of carbonyl (C=O) groups is 2. The van der Waals surface area contributed by atoms with Crippen LogP contribution in [0.15, 0.2) is 42.5 Å². The van der Waals surface area contributed by atoms with Gasteiger partial charge in [0.2, 0.25) is 11.6 Å². The van der Waals surface area contributed by atoms with Crippen LogP contribution in [0, 0.1) is 11.3 Å². The fraction of sp³-hybridized carbons (Fsp3) is 0.548. The maximum absolute atomic E-state index is 14.9. The molecule has 1 saturated carbocycles. The van der Waals surface area contributed by atoms with Crippen LogP contribution in [0.2, 0.25) is 5.02 Å². The molecule has 40 heavy (non-hydrogen) atoms. The van der Waals surface area contributed by atoms with Crippen molar-refractivity contribution < 1.29 is 32.3 Å². The molecule has 0 radical (unpaired) electrons. The summed E-state index contributed by atoms with van der Waals surface area (Å²) in [4.78, 5) is 27.5. The molecule has 1 aliphatic heterocycles. The van der Waals surface area contributed by atoms with Crippen molar-refractivity contribution in [1.29, 1.82) is 0 Å². The third-order valence-corrected chi connectivity index (χ3v) is 10.1. The minimum atomic E-state index is -5.04. The largest absolute Gasteiger partial charge is 0.481 e. The molecule has 216 valence electrons. The van der Waals surface area contributed by atoms with Crippen molar-refractivity contribution >= 4 is 23.5 Å². The number of halogens is 5. The average Bonchev–Trinajstić information content (AvgIpc) is 3.28. The molecule has 0 aromatic heterocycles. The summed E-state index contributed by atoms with van der Waals surface area (Å²) in [5.74, 6) is -1.24. The smallest absolute Gasteiger partial charge is 0.426 e. The molecule has 1 N–H and O–H groups in total. The summed E-state index contributed by atoms with van der Waals surface area (Å²) < 4.78 is 55.5. The van der Waals surface area contributed by atoms with Crippen molar-refractivity contribution in [3.63, 3.8) is 0 Å². The molecular weight excluding hydrogens is 546 g/mol. The molecule has 2 aromatic carbocycles. The van der Waals surface area contributed by atoms with E-state index in [0.717, 1.165) is 11.1 Å². The van der Waals surface area contributed by atoms with Gasteiger partial charge < -0.3 is 10.0 Å². The summed E-state index contributed by atoms with van der Waals surface area (Å²) in [7, 11) is 0. The lowest BCUT2D eigenvalue weighted by molar-refractivity contribution is -0.228. The normalized spacial score (nSPS) is 29.8. The van der Waals surface area contributed by atoms with Gasteiger partial charge in [0.1, 0.15) is 0 Å². The number of aryl methyl sites for hydroxylation is 1. The maximum Gasteiger partial charge on any atom is 0.426 e. The number of nitrogens with zero attached hydrogens (tertiary/aromatic N) is 1. The minimum absolute atomic E-state index is 0.0211. The van der Waals surface area contributed by atoms with Crippen molar-refractivity contribution in [2.24, 2.45) is 11.3 Å². The van der Waals surface area contributed by atoms with Crippen LogP contribution < -0.4 is 0 Å². The molecule has 3 unspecified atom stereocenters. The van der Waals surface area contributed by atoms with Gasteiger partial charge in [0.25, 0.3) is 0 Å². The van der Waals surface area contributed by atoms with Gasteiger partial charge >= 0.3 is 12.1 Å². The molecular formula is C31H34ClF4NO3. The molecule has 3 aliphatic rings. The Morgan fingerprint density at radius 2 is 1.68 bits per heavy atom. The Bertz CT molecular complexity index is 1300. The van der Waals surface area contributed by atoms with Crippen LogP contribution >= 0.6 is 11.6 Å². The summed E-state index contributed by atoms with van der Waals surface area (Å²) in [6.07, 6.45) is -0.939. The topological polar surface area (TPSA) is 57.6 Å². The predicted octanol–water partition coefficient (Wildman–Crippen LogP) is 7.40. The quantitative estimate of drug-likeness (QED) is 0.376. The summed E-state index contributed by atoms with van der Waals surface area (Å²) in [5, 5.41) is 10.0. The van der Waals surface area contributed by atoms with E-state index in [9.17, 15) is 32.3 Å². The lowest BCUT2D eigenvalue weighted by Gasteiger charge is -2.46. The Morgan fingerprint density at radius 3 is 2.27 bits per heavy atom. The molecule has 2 aliphatic carbocycles. The van der Waals surface area contributed by atoms with Crippen LogP contribution in [0.3, 0.4) is 0 Å².